The molecule has 1 amide bonds. The summed E-state index contributed by atoms with van der Waals surface area (Å²) >= 11 is 6.82. The first-order chi connectivity index (χ1) is 12.4. The lowest BCUT2D eigenvalue weighted by molar-refractivity contribution is -0.145. The van der Waals surface area contributed by atoms with Gasteiger partial charge in [-0.05, 0) is 46.1 Å². The number of rotatable bonds is 7. The van der Waals surface area contributed by atoms with E-state index in [-0.39, 0.29) is 6.61 Å². The van der Waals surface area contributed by atoms with E-state index in [0.717, 1.165) is 20.1 Å². The molecule has 0 aliphatic rings. The Morgan fingerprint density at radius 1 is 1.15 bits per heavy atom. The van der Waals surface area contributed by atoms with Crippen LogP contribution in [-0.4, -0.2) is 31.6 Å². The molecule has 0 aromatic heterocycles. The Morgan fingerprint density at radius 3 is 2.46 bits per heavy atom. The van der Waals surface area contributed by atoms with E-state index >= 15 is 0 Å². The maximum atomic E-state index is 12.3. The van der Waals surface area contributed by atoms with E-state index in [1.165, 1.54) is 7.11 Å². The van der Waals surface area contributed by atoms with Crippen molar-refractivity contribution in [2.75, 3.05) is 13.7 Å². The topological polar surface area (TPSA) is 64.6 Å². The van der Waals surface area contributed by atoms with Crippen molar-refractivity contribution in [3.8, 4) is 5.75 Å². The number of esters is 1. The predicted octanol–water partition coefficient (Wildman–Crippen LogP) is 3.80. The van der Waals surface area contributed by atoms with Gasteiger partial charge in [0.25, 0.3) is 5.91 Å². The largest absolute Gasteiger partial charge is 0.482 e. The number of methoxy groups -OCH3 is 1. The van der Waals surface area contributed by atoms with Gasteiger partial charge >= 0.3 is 5.97 Å². The third-order valence-electron chi connectivity index (χ3n) is 3.65. The predicted molar refractivity (Wildman–Crippen MR) is 106 cm³/mol. The number of halogens is 2. The third-order valence-corrected chi connectivity index (χ3v) is 4.69. The maximum absolute atomic E-state index is 12.3. The lowest BCUT2D eigenvalue weighted by Crippen LogP contribution is -2.45. The van der Waals surface area contributed by atoms with Crippen LogP contribution in [-0.2, 0) is 20.7 Å². The highest BCUT2D eigenvalue weighted by molar-refractivity contribution is 9.11. The van der Waals surface area contributed by atoms with Crippen LogP contribution in [0.25, 0.3) is 0 Å². The van der Waals surface area contributed by atoms with E-state index in [1.807, 2.05) is 49.4 Å². The highest BCUT2D eigenvalue weighted by atomic mass is 79.9. The van der Waals surface area contributed by atoms with Crippen LogP contribution in [0.1, 0.15) is 11.1 Å². The summed E-state index contributed by atoms with van der Waals surface area (Å²) in [7, 11) is 1.30. The lowest BCUT2D eigenvalue weighted by atomic mass is 10.1. The van der Waals surface area contributed by atoms with E-state index in [9.17, 15) is 9.59 Å². The Labute approximate surface area is 169 Å². The molecule has 2 aromatic rings. The fraction of sp³-hybridized carbons (Fsp3) is 0.263. The molecule has 2 rings (SSSR count). The molecule has 1 N–H and O–H groups in total. The van der Waals surface area contributed by atoms with Gasteiger partial charge in [0.1, 0.15) is 11.8 Å². The van der Waals surface area contributed by atoms with Crippen molar-refractivity contribution in [2.45, 2.75) is 19.4 Å². The summed E-state index contributed by atoms with van der Waals surface area (Å²) in [5.74, 6) is -0.310. The minimum atomic E-state index is -0.770. The summed E-state index contributed by atoms with van der Waals surface area (Å²) in [6.45, 7) is 1.68. The number of nitrogens with one attached hydrogen (secondary N) is 1. The molecule has 0 saturated heterocycles. The molecule has 26 heavy (non-hydrogen) atoms. The van der Waals surface area contributed by atoms with Gasteiger partial charge in [0.2, 0.25) is 0 Å². The number of benzene rings is 2. The van der Waals surface area contributed by atoms with Crippen LogP contribution in [0.4, 0.5) is 0 Å². The van der Waals surface area contributed by atoms with Crippen LogP contribution in [0.15, 0.2) is 51.4 Å². The van der Waals surface area contributed by atoms with E-state index in [1.54, 1.807) is 0 Å². The second kappa shape index (κ2) is 9.73. The van der Waals surface area contributed by atoms with Crippen molar-refractivity contribution in [3.05, 3.63) is 62.5 Å². The summed E-state index contributed by atoms with van der Waals surface area (Å²) in [6.07, 6.45) is 0.347. The number of hydrogen-bond acceptors (Lipinski definition) is 4. The molecule has 0 saturated carbocycles. The second-order valence-corrected chi connectivity index (χ2v) is 7.43. The number of carbonyl (C=O) groups excluding carboxylic acids is 2. The van der Waals surface area contributed by atoms with Gasteiger partial charge in [0.05, 0.1) is 11.6 Å². The zero-order chi connectivity index (χ0) is 19.1. The van der Waals surface area contributed by atoms with Gasteiger partial charge in [-0.1, -0.05) is 46.3 Å². The smallest absolute Gasteiger partial charge is 0.328 e. The van der Waals surface area contributed by atoms with Gasteiger partial charge in [-0.25, -0.2) is 4.79 Å². The van der Waals surface area contributed by atoms with Crippen LogP contribution >= 0.6 is 31.9 Å². The Hall–Kier alpha value is -1.86. The minimum Gasteiger partial charge on any atom is -0.482 e. The van der Waals surface area contributed by atoms with E-state index in [2.05, 4.69) is 37.2 Å². The molecular weight excluding hydrogens is 466 g/mol. The molecule has 2 aromatic carbocycles. The van der Waals surface area contributed by atoms with E-state index < -0.39 is 17.9 Å². The average molecular weight is 485 g/mol. The number of aryl methyl sites for hydroxylation is 1. The first-order valence-corrected chi connectivity index (χ1v) is 9.49. The van der Waals surface area contributed by atoms with Crippen molar-refractivity contribution in [2.24, 2.45) is 0 Å². The monoisotopic (exact) mass is 483 g/mol. The Kier molecular flexibility index (Phi) is 7.66. The van der Waals surface area contributed by atoms with Crippen LogP contribution in [0.5, 0.6) is 5.75 Å². The highest BCUT2D eigenvalue weighted by Crippen LogP contribution is 2.32. The van der Waals surface area contributed by atoms with Crippen molar-refractivity contribution in [3.63, 3.8) is 0 Å². The molecule has 7 heteroatoms. The normalized spacial score (nSPS) is 11.5. The fourth-order valence-electron chi connectivity index (χ4n) is 2.43. The van der Waals surface area contributed by atoms with Crippen molar-refractivity contribution in [1.82, 2.24) is 5.32 Å². The van der Waals surface area contributed by atoms with Gasteiger partial charge in [-0.3, -0.25) is 4.79 Å². The molecule has 0 radical (unpaired) electrons. The van der Waals surface area contributed by atoms with Crippen LogP contribution in [0, 0.1) is 6.92 Å². The summed E-state index contributed by atoms with van der Waals surface area (Å²) < 4.78 is 12.1. The van der Waals surface area contributed by atoms with Crippen molar-refractivity contribution in [1.29, 1.82) is 0 Å². The summed E-state index contributed by atoms with van der Waals surface area (Å²) in [5, 5.41) is 2.67. The molecule has 1 atom stereocenters. The Balaban J connectivity index is 2.00. The molecular formula is C19H19Br2NO4. The molecule has 0 bridgehead atoms. The van der Waals surface area contributed by atoms with Gasteiger partial charge in [-0.15, -0.1) is 0 Å². The first kappa shape index (κ1) is 20.5. The second-order valence-electron chi connectivity index (χ2n) is 5.66. The third kappa shape index (κ3) is 5.85. The van der Waals surface area contributed by atoms with E-state index in [0.29, 0.717) is 12.2 Å². The molecule has 0 fully saturated rings. The van der Waals surface area contributed by atoms with Crippen LogP contribution in [0.3, 0.4) is 0 Å². The minimum absolute atomic E-state index is 0.205. The number of ether oxygens (including phenoxy) is 2. The maximum Gasteiger partial charge on any atom is 0.328 e. The average Bonchev–Trinajstić information content (AvgIpc) is 2.60. The number of carbonyl (C=O) groups is 2. The summed E-state index contributed by atoms with van der Waals surface area (Å²) in [6, 6.07) is 12.4. The molecule has 0 aliphatic heterocycles. The molecule has 0 heterocycles. The zero-order valence-corrected chi connectivity index (χ0v) is 17.6. The zero-order valence-electron chi connectivity index (χ0n) is 14.4. The standard InChI is InChI=1S/C19H19Br2NO4/c1-12-8-14(20)10-15(21)18(12)26-11-17(23)22-16(19(24)25-2)9-13-6-4-3-5-7-13/h3-8,10,16H,9,11H2,1-2H3,(H,22,23). The first-order valence-electron chi connectivity index (χ1n) is 7.90. The highest BCUT2D eigenvalue weighted by Gasteiger charge is 2.22. The SMILES string of the molecule is COC(=O)C(Cc1ccccc1)NC(=O)COc1c(C)cc(Br)cc1Br. The van der Waals surface area contributed by atoms with Gasteiger partial charge in [-0.2, -0.15) is 0 Å². The molecule has 1 unspecified atom stereocenters. The molecule has 5 nitrogen and oxygen atoms in total. The number of hydrogen-bond donors (Lipinski definition) is 1. The molecule has 138 valence electrons. The van der Waals surface area contributed by atoms with E-state index in [4.69, 9.17) is 9.47 Å². The fourth-order valence-corrected chi connectivity index (χ4v) is 3.98. The van der Waals surface area contributed by atoms with Crippen molar-refractivity contribution < 1.29 is 19.1 Å². The Bertz CT molecular complexity index is 757. The molecule has 0 spiro atoms. The van der Waals surface area contributed by atoms with Gasteiger partial charge in [0, 0.05) is 10.9 Å². The summed E-state index contributed by atoms with van der Waals surface area (Å²) in [5.41, 5.74) is 1.81. The van der Waals surface area contributed by atoms with Gasteiger partial charge in [0.15, 0.2) is 6.61 Å². The quantitative estimate of drug-likeness (QED) is 0.607. The number of amides is 1. The van der Waals surface area contributed by atoms with Crippen molar-refractivity contribution >= 4 is 43.7 Å². The Morgan fingerprint density at radius 2 is 1.85 bits per heavy atom. The lowest BCUT2D eigenvalue weighted by Gasteiger charge is -2.17. The van der Waals surface area contributed by atoms with Gasteiger partial charge < -0.3 is 14.8 Å². The van der Waals surface area contributed by atoms with Crippen LogP contribution in [0.2, 0.25) is 0 Å². The van der Waals surface area contributed by atoms with Crippen LogP contribution < -0.4 is 10.1 Å². The summed E-state index contributed by atoms with van der Waals surface area (Å²) in [4.78, 5) is 24.2. The molecule has 0 aliphatic carbocycles.